The Bertz CT molecular complexity index is 804. The van der Waals surface area contributed by atoms with E-state index in [1.165, 1.54) is 0 Å². The number of anilines is 1. The van der Waals surface area contributed by atoms with Gasteiger partial charge in [0.05, 0.1) is 16.3 Å². The number of nitrogens with zero attached hydrogens (tertiary/aromatic N) is 5. The number of piperazine rings is 1. The lowest BCUT2D eigenvalue weighted by molar-refractivity contribution is 0.227. The van der Waals surface area contributed by atoms with Gasteiger partial charge in [-0.15, -0.1) is 0 Å². The fourth-order valence-electron chi connectivity index (χ4n) is 3.61. The lowest BCUT2D eigenvalue weighted by Gasteiger charge is -2.35. The largest absolute Gasteiger partial charge is 0.349 e. The highest BCUT2D eigenvalue weighted by atomic mass is 79.9. The van der Waals surface area contributed by atoms with Crippen LogP contribution in [0.25, 0.3) is 0 Å². The summed E-state index contributed by atoms with van der Waals surface area (Å²) < 4.78 is 1.00. The van der Waals surface area contributed by atoms with E-state index in [4.69, 9.17) is 16.9 Å². The predicted molar refractivity (Wildman–Crippen MR) is 95.8 cm³/mol. The molecule has 2 fully saturated rings. The molecular weight excluding hydrogens is 390 g/mol. The average Bonchev–Trinajstić information content (AvgIpc) is 3.17. The number of fused-ring (bicyclic) bond motifs is 2. The highest BCUT2D eigenvalue weighted by Crippen LogP contribution is 2.37. The summed E-state index contributed by atoms with van der Waals surface area (Å²) in [5, 5.41) is 9.50. The number of nitriles is 1. The van der Waals surface area contributed by atoms with Gasteiger partial charge in [-0.05, 0) is 40.5 Å². The smallest absolute Gasteiger partial charge is 0.147 e. The van der Waals surface area contributed by atoms with E-state index in [9.17, 15) is 0 Å². The second kappa shape index (κ2) is 6.32. The first kappa shape index (κ1) is 15.8. The van der Waals surface area contributed by atoms with Crippen LogP contribution in [0.3, 0.4) is 0 Å². The number of likely N-dealkylation sites (tertiary alicyclic amines) is 1. The average molecular weight is 405 g/mol. The van der Waals surface area contributed by atoms with E-state index in [1.54, 1.807) is 12.3 Å². The van der Waals surface area contributed by atoms with Crippen molar-refractivity contribution in [1.82, 2.24) is 14.9 Å². The summed E-state index contributed by atoms with van der Waals surface area (Å²) in [7, 11) is 0. The Morgan fingerprint density at radius 1 is 1.25 bits per heavy atom. The topological polar surface area (TPSA) is 56.1 Å². The highest BCUT2D eigenvalue weighted by molar-refractivity contribution is 9.10. The van der Waals surface area contributed by atoms with Crippen molar-refractivity contribution in [3.8, 4) is 6.07 Å². The van der Waals surface area contributed by atoms with E-state index in [0.29, 0.717) is 22.7 Å². The van der Waals surface area contributed by atoms with Gasteiger partial charge < -0.3 is 4.90 Å². The van der Waals surface area contributed by atoms with Gasteiger partial charge in [-0.2, -0.15) is 5.26 Å². The Labute approximate surface area is 154 Å². The van der Waals surface area contributed by atoms with E-state index >= 15 is 0 Å². The van der Waals surface area contributed by atoms with Crippen molar-refractivity contribution in [3.05, 3.63) is 51.3 Å². The van der Waals surface area contributed by atoms with Crippen LogP contribution in [-0.2, 0) is 6.54 Å². The standard InChI is InChI=1S/C17H15BrClN5/c18-12-1-2-13(21-7-12)8-23-9-15-4-14(23)10-24(15)17-16(19)3-11(5-20)6-22-17/h1-3,6-7,14-15H,4,8-10H2. The maximum absolute atomic E-state index is 8.94. The molecule has 2 aromatic heterocycles. The van der Waals surface area contributed by atoms with Crippen LogP contribution < -0.4 is 4.90 Å². The summed E-state index contributed by atoms with van der Waals surface area (Å²) in [4.78, 5) is 13.6. The quantitative estimate of drug-likeness (QED) is 0.786. The monoisotopic (exact) mass is 403 g/mol. The van der Waals surface area contributed by atoms with Crippen molar-refractivity contribution in [3.63, 3.8) is 0 Å². The van der Waals surface area contributed by atoms with Gasteiger partial charge in [0.15, 0.2) is 0 Å². The third kappa shape index (κ3) is 2.88. The summed E-state index contributed by atoms with van der Waals surface area (Å²) in [5.74, 6) is 0.796. The van der Waals surface area contributed by atoms with Crippen molar-refractivity contribution >= 4 is 33.3 Å². The lowest BCUT2D eigenvalue weighted by atomic mass is 10.2. The minimum absolute atomic E-state index is 0.420. The molecule has 2 saturated heterocycles. The van der Waals surface area contributed by atoms with E-state index in [0.717, 1.165) is 42.0 Å². The lowest BCUT2D eigenvalue weighted by Crippen LogP contribution is -2.46. The number of pyridine rings is 2. The Kier molecular flexibility index (Phi) is 4.17. The molecule has 4 heterocycles. The Morgan fingerprint density at radius 2 is 2.12 bits per heavy atom. The van der Waals surface area contributed by atoms with Crippen molar-refractivity contribution in [2.75, 3.05) is 18.0 Å². The zero-order valence-electron chi connectivity index (χ0n) is 12.9. The molecule has 0 spiro atoms. The SMILES string of the molecule is N#Cc1cnc(N2CC3CC2CN3Cc2ccc(Br)cn2)c(Cl)c1. The van der Waals surface area contributed by atoms with Gasteiger partial charge in [0, 0.05) is 48.6 Å². The van der Waals surface area contributed by atoms with Gasteiger partial charge in [0.2, 0.25) is 0 Å². The van der Waals surface area contributed by atoms with Gasteiger partial charge in [0.25, 0.3) is 0 Å². The molecule has 0 amide bonds. The molecule has 0 saturated carbocycles. The first-order valence-corrected chi connectivity index (χ1v) is 8.98. The number of halogens is 2. The molecule has 2 atom stereocenters. The summed E-state index contributed by atoms with van der Waals surface area (Å²) in [6.07, 6.45) is 4.56. The Morgan fingerprint density at radius 3 is 2.75 bits per heavy atom. The van der Waals surface area contributed by atoms with Gasteiger partial charge in [0.1, 0.15) is 11.9 Å². The molecule has 2 bridgehead atoms. The molecule has 0 N–H and O–H groups in total. The van der Waals surface area contributed by atoms with Crippen molar-refractivity contribution in [1.29, 1.82) is 5.26 Å². The Balaban J connectivity index is 1.46. The summed E-state index contributed by atoms with van der Waals surface area (Å²) in [5.41, 5.74) is 1.59. The molecule has 2 aliphatic rings. The molecule has 24 heavy (non-hydrogen) atoms. The van der Waals surface area contributed by atoms with Crippen LogP contribution >= 0.6 is 27.5 Å². The van der Waals surface area contributed by atoms with Crippen LogP contribution in [0.5, 0.6) is 0 Å². The van der Waals surface area contributed by atoms with Crippen molar-refractivity contribution < 1.29 is 0 Å². The van der Waals surface area contributed by atoms with Crippen molar-refractivity contribution in [2.24, 2.45) is 0 Å². The zero-order chi connectivity index (χ0) is 16.7. The van der Waals surface area contributed by atoms with Crippen LogP contribution in [0.4, 0.5) is 5.82 Å². The first-order chi connectivity index (χ1) is 11.6. The molecule has 7 heteroatoms. The van der Waals surface area contributed by atoms with Gasteiger partial charge in [-0.1, -0.05) is 11.6 Å². The van der Waals surface area contributed by atoms with E-state index in [2.05, 4.69) is 47.8 Å². The number of rotatable bonds is 3. The van der Waals surface area contributed by atoms with Crippen LogP contribution in [0, 0.1) is 11.3 Å². The molecule has 0 aliphatic carbocycles. The van der Waals surface area contributed by atoms with E-state index in [-0.39, 0.29) is 0 Å². The first-order valence-electron chi connectivity index (χ1n) is 7.81. The van der Waals surface area contributed by atoms with Gasteiger partial charge in [-0.3, -0.25) is 9.88 Å². The normalized spacial score (nSPS) is 22.8. The second-order valence-corrected chi connectivity index (χ2v) is 7.56. The summed E-state index contributed by atoms with van der Waals surface area (Å²) >= 11 is 9.74. The number of hydrogen-bond donors (Lipinski definition) is 0. The van der Waals surface area contributed by atoms with Gasteiger partial charge >= 0.3 is 0 Å². The molecule has 2 unspecified atom stereocenters. The molecule has 122 valence electrons. The summed E-state index contributed by atoms with van der Waals surface area (Å²) in [6.45, 7) is 2.77. The van der Waals surface area contributed by atoms with Crippen LogP contribution in [-0.4, -0.2) is 40.0 Å². The minimum Gasteiger partial charge on any atom is -0.349 e. The third-order valence-corrected chi connectivity index (χ3v) is 5.48. The van der Waals surface area contributed by atoms with Gasteiger partial charge in [-0.25, -0.2) is 4.98 Å². The minimum atomic E-state index is 0.420. The third-order valence-electron chi connectivity index (χ3n) is 4.73. The molecule has 2 aliphatic heterocycles. The number of aromatic nitrogens is 2. The maximum atomic E-state index is 8.94. The molecule has 5 nitrogen and oxygen atoms in total. The van der Waals surface area contributed by atoms with E-state index < -0.39 is 0 Å². The Hall–Kier alpha value is -1.68. The van der Waals surface area contributed by atoms with Crippen LogP contribution in [0.1, 0.15) is 17.7 Å². The fourth-order valence-corrected chi connectivity index (χ4v) is 4.12. The molecule has 2 aromatic rings. The van der Waals surface area contributed by atoms with Crippen LogP contribution in [0.2, 0.25) is 5.02 Å². The van der Waals surface area contributed by atoms with Crippen LogP contribution in [0.15, 0.2) is 35.1 Å². The zero-order valence-corrected chi connectivity index (χ0v) is 15.2. The van der Waals surface area contributed by atoms with E-state index in [1.807, 2.05) is 12.3 Å². The predicted octanol–water partition coefficient (Wildman–Crippen LogP) is 3.23. The fraction of sp³-hybridized carbons (Fsp3) is 0.353. The summed E-state index contributed by atoms with van der Waals surface area (Å²) in [6, 6.07) is 8.78. The van der Waals surface area contributed by atoms with Crippen molar-refractivity contribution in [2.45, 2.75) is 25.0 Å². The second-order valence-electron chi connectivity index (χ2n) is 6.23. The highest BCUT2D eigenvalue weighted by Gasteiger charge is 2.44. The maximum Gasteiger partial charge on any atom is 0.147 e. The molecule has 0 aromatic carbocycles. The molecule has 0 radical (unpaired) electrons. The molecule has 4 rings (SSSR count). The molecular formula is C17H15BrClN5. The number of hydrogen-bond acceptors (Lipinski definition) is 5.